The molecule has 33 nitrogen and oxygen atoms in total. The summed E-state index contributed by atoms with van der Waals surface area (Å²) in [7, 11) is -2.07. The summed E-state index contributed by atoms with van der Waals surface area (Å²) < 4.78 is 60.4. The van der Waals surface area contributed by atoms with Gasteiger partial charge in [0.1, 0.15) is 95.9 Å². The van der Waals surface area contributed by atoms with Gasteiger partial charge in [0, 0.05) is 17.2 Å². The summed E-state index contributed by atoms with van der Waals surface area (Å²) in [5.41, 5.74) is -2.05. The van der Waals surface area contributed by atoms with Gasteiger partial charge in [-0.15, -0.1) is 0 Å². The Labute approximate surface area is 645 Å². The molecular formula is C77H84ClN9O24S. The van der Waals surface area contributed by atoms with Crippen LogP contribution in [0.2, 0.25) is 5.02 Å². The lowest BCUT2D eigenvalue weighted by Gasteiger charge is -2.54. The number of methoxy groups -OCH3 is 1. The molecule has 112 heavy (non-hydrogen) atoms. The summed E-state index contributed by atoms with van der Waals surface area (Å²) in [4.78, 5) is 123. The number of sulfonamides is 1. The minimum atomic E-state index is -4.85. The molecule has 14 atom stereocenters. The zero-order chi connectivity index (χ0) is 79.8. The van der Waals surface area contributed by atoms with E-state index in [1.807, 2.05) is 4.72 Å². The highest BCUT2D eigenvalue weighted by atomic mass is 35.5. The minimum absolute atomic E-state index is 0.0846. The quantitative estimate of drug-likeness (QED) is 0.0642. The van der Waals surface area contributed by atoms with E-state index in [0.29, 0.717) is 11.8 Å². The Balaban J connectivity index is 0.955. The highest BCUT2D eigenvalue weighted by molar-refractivity contribution is 7.90. The molecule has 0 radical (unpaired) electrons. The number of nitrogens with one attached hydrogen (secondary N) is 9. The zero-order valence-corrected chi connectivity index (χ0v) is 62.1. The Bertz CT molecular complexity index is 4830. The highest BCUT2D eigenvalue weighted by Gasteiger charge is 2.52. The maximum absolute atomic E-state index is 16.4. The van der Waals surface area contributed by atoms with Crippen LogP contribution in [0.3, 0.4) is 0 Å². The van der Waals surface area contributed by atoms with Crippen LogP contribution in [-0.2, 0) is 58.9 Å². The van der Waals surface area contributed by atoms with Gasteiger partial charge in [0.2, 0.25) is 65.1 Å². The van der Waals surface area contributed by atoms with Gasteiger partial charge >= 0.3 is 0 Å². The van der Waals surface area contributed by atoms with E-state index in [1.54, 1.807) is 13.8 Å². The van der Waals surface area contributed by atoms with Crippen molar-refractivity contribution < 1.29 is 116 Å². The number of carbonyl (C=O) groups excluding carboxylic acids is 8. The predicted molar refractivity (Wildman–Crippen MR) is 390 cm³/mol. The first kappa shape index (κ1) is 78.6. The van der Waals surface area contributed by atoms with Crippen molar-refractivity contribution >= 4 is 68.9 Å². The molecule has 35 heteroatoms. The number of carbonyl (C=O) groups is 8. The maximum Gasteiger partial charge on any atom is 0.264 e. The molecule has 15 bridgehead atoms. The number of halogens is 1. The first-order valence-corrected chi connectivity index (χ1v) is 38.4. The van der Waals surface area contributed by atoms with Gasteiger partial charge in [-0.05, 0) is 193 Å². The molecule has 5 aliphatic carbocycles. The second-order valence-electron chi connectivity index (χ2n) is 30.2. The van der Waals surface area contributed by atoms with Crippen molar-refractivity contribution in [2.24, 2.45) is 29.6 Å². The number of ether oxygens (including phenoxy) is 5. The van der Waals surface area contributed by atoms with Crippen molar-refractivity contribution in [2.75, 3.05) is 20.8 Å². The number of aliphatic hydroxyl groups excluding tert-OH is 6. The number of hydrogen-bond donors (Lipinski definition) is 18. The summed E-state index contributed by atoms with van der Waals surface area (Å²) >= 11 is 7.07. The third-order valence-corrected chi connectivity index (χ3v) is 24.0. The van der Waals surface area contributed by atoms with Crippen molar-refractivity contribution in [1.29, 1.82) is 0 Å². The van der Waals surface area contributed by atoms with E-state index in [-0.39, 0.29) is 97.0 Å². The first-order valence-electron chi connectivity index (χ1n) is 36.5. The number of phenolic OH excluding ortho intramolecular Hbond substituents is 1. The summed E-state index contributed by atoms with van der Waals surface area (Å²) in [5, 5.41) is 126. The van der Waals surface area contributed by atoms with Crippen molar-refractivity contribution in [3.8, 4) is 51.4 Å². The summed E-state index contributed by atoms with van der Waals surface area (Å²) in [6.45, 7) is 2.66. The van der Waals surface area contributed by atoms with Crippen LogP contribution in [0.15, 0.2) is 114 Å². The molecular weight excluding hydrogens is 1500 g/mol. The van der Waals surface area contributed by atoms with E-state index in [9.17, 15) is 64.0 Å². The molecule has 11 aliphatic rings. The van der Waals surface area contributed by atoms with Crippen LogP contribution in [0.25, 0.3) is 11.1 Å². The van der Waals surface area contributed by atoms with E-state index in [4.69, 9.17) is 35.3 Å². The van der Waals surface area contributed by atoms with Crippen molar-refractivity contribution in [3.63, 3.8) is 0 Å². The fraction of sp³-hybridized carbons (Fsp3) is 0.429. The number of amides is 8. The van der Waals surface area contributed by atoms with Crippen LogP contribution in [0, 0.1) is 29.6 Å². The third-order valence-electron chi connectivity index (χ3n) is 22.3. The lowest BCUT2D eigenvalue weighted by Crippen LogP contribution is -2.60. The molecule has 18 N–H and O–H groups in total. The molecule has 17 rings (SSSR count). The van der Waals surface area contributed by atoms with Gasteiger partial charge in [-0.25, -0.2) is 13.1 Å². The molecule has 5 fully saturated rings. The van der Waals surface area contributed by atoms with E-state index in [1.165, 1.54) is 80.9 Å². The number of likely N-dealkylation sites (N-methyl/N-ethyl adjacent to an activating group) is 1. The molecule has 6 heterocycles. The molecule has 6 aromatic carbocycles. The van der Waals surface area contributed by atoms with Gasteiger partial charge in [0.15, 0.2) is 11.5 Å². The lowest BCUT2D eigenvalue weighted by molar-refractivity contribution is -0.277. The average Bonchev–Trinajstić information content (AvgIpc) is 1.53. The summed E-state index contributed by atoms with van der Waals surface area (Å²) in [5.74, 6) is -14.8. The Morgan fingerprint density at radius 3 is 1.96 bits per heavy atom. The monoisotopic (exact) mass is 1590 g/mol. The van der Waals surface area contributed by atoms with Gasteiger partial charge in [-0.3, -0.25) is 38.4 Å². The zero-order valence-electron chi connectivity index (χ0n) is 60.5. The Morgan fingerprint density at radius 1 is 0.661 bits per heavy atom. The van der Waals surface area contributed by atoms with Crippen LogP contribution in [0.1, 0.15) is 128 Å². The van der Waals surface area contributed by atoms with Gasteiger partial charge in [-0.2, -0.15) is 0 Å². The minimum Gasteiger partial charge on any atom is -0.508 e. The van der Waals surface area contributed by atoms with Crippen LogP contribution >= 0.6 is 11.6 Å². The smallest absolute Gasteiger partial charge is 0.264 e. The van der Waals surface area contributed by atoms with Gasteiger partial charge < -0.3 is 112 Å². The van der Waals surface area contributed by atoms with Gasteiger partial charge in [0.05, 0.1) is 36.1 Å². The number of aromatic hydroxyl groups is 1. The molecule has 6 aliphatic heterocycles. The second kappa shape index (κ2) is 31.1. The second-order valence-corrected chi connectivity index (χ2v) is 32.2. The normalized spacial score (nSPS) is 29.2. The molecule has 4 saturated carbocycles. The predicted octanol–water partition coefficient (Wildman–Crippen LogP) is 1.19. The van der Waals surface area contributed by atoms with E-state index < -0.39 is 195 Å². The number of hydrogen-bond acceptors (Lipinski definition) is 25. The SMILES string of the molecule is CN[C@H](CC(C)C)C(=O)N[C@H]1C(=O)N[C@@H](CC(=O)NS(=O)(=O)c2ccc(OC)cc2)C(=O)N[C@H]2C(=O)N[C@H]3C(=O)N[C@H](C(=O)N[C@H](C(=O)NC4C5CC6CC(C5)CC4C6)c4cc(O)cc5c4-c4cc3ccc4C5(O)O)[C@H](O)c3ccc(cc3)Oc3cc2cc(c3O[C@@H]2O[C@H](CO)[C@@H](O)[C@H](O)[C@H]2O)Oc2ccc(cc2Cl)[C@H]1O. The van der Waals surface area contributed by atoms with Crippen molar-refractivity contribution in [2.45, 2.75) is 161 Å². The van der Waals surface area contributed by atoms with E-state index in [0.717, 1.165) is 74.6 Å². The van der Waals surface area contributed by atoms with Crippen molar-refractivity contribution in [1.82, 2.24) is 47.3 Å². The van der Waals surface area contributed by atoms with E-state index >= 15 is 28.8 Å². The lowest BCUT2D eigenvalue weighted by atomic mass is 9.54. The fourth-order valence-corrected chi connectivity index (χ4v) is 18.1. The molecule has 1 saturated heterocycles. The number of rotatable bonds is 15. The average molecular weight is 1590 g/mol. The van der Waals surface area contributed by atoms with Gasteiger partial charge in [-0.1, -0.05) is 55.8 Å². The Kier molecular flexibility index (Phi) is 21.8. The van der Waals surface area contributed by atoms with Crippen molar-refractivity contribution in [3.05, 3.63) is 153 Å². The van der Waals surface area contributed by atoms with Crippen LogP contribution in [-0.4, -0.2) is 183 Å². The van der Waals surface area contributed by atoms with Gasteiger partial charge in [0.25, 0.3) is 10.0 Å². The summed E-state index contributed by atoms with van der Waals surface area (Å²) in [6, 6.07) is 6.72. The standard InChI is InChI=1S/C77H84ClN9O24S/c1-31(2)17-49(79-3)69(96)85-62-64(92)36-8-16-51(48(78)24-36)109-53-26-39-25-52(68(53)111-76-67(95)66(94)65(93)54(30-88)110-76)108-42-9-5-34(6-10-42)63(91)61-75(102)84-60(73(100)81-57-37-19-32-18-33(21-37)22-38(57)20-32)45-27-40(89)28-47-56(45)44-23-35(7-15-46(44)77(47,103)104)58(71(98)86-61)83-72(99)59(39)82-70(97)50(80-74(62)101)29-55(90)87-112(105,106)43-13-11-41(107-4)12-14-43/h5-16,23-28,31-33,37-38,49-50,54,57-67,76,79,88-89,91-95,103-104H,17-22,29-30H2,1-4H3,(H,80,101)(H,81,100)(H,82,97)(H,83,99)(H,84,102)(H,85,96)(H,86,98)(H,87,90)/t32?,33?,37?,38?,49-,50+,54-,57?,58-,59-,60+,61+,62-,63-,64-,65-,66+,67-,76+/m1/s1. The summed E-state index contributed by atoms with van der Waals surface area (Å²) in [6.07, 6.45) is -10.8. The Hall–Kier alpha value is -10.1. The maximum atomic E-state index is 16.4. The van der Waals surface area contributed by atoms with Crippen LogP contribution < -0.4 is 66.2 Å². The van der Waals surface area contributed by atoms with Crippen LogP contribution in [0.5, 0.6) is 40.2 Å². The number of aliphatic hydroxyl groups is 8. The van der Waals surface area contributed by atoms with Crippen LogP contribution in [0.4, 0.5) is 0 Å². The Morgan fingerprint density at radius 2 is 1.30 bits per heavy atom. The third kappa shape index (κ3) is 15.3. The molecule has 594 valence electrons. The largest absolute Gasteiger partial charge is 0.508 e. The number of fused-ring (bicyclic) bond motifs is 12. The van der Waals surface area contributed by atoms with E-state index in [2.05, 4.69) is 42.5 Å². The first-order chi connectivity index (χ1) is 53.3. The number of phenols is 1. The number of benzene rings is 6. The fourth-order valence-electron chi connectivity index (χ4n) is 16.9. The molecule has 0 spiro atoms. The highest BCUT2D eigenvalue weighted by Crippen LogP contribution is 2.56. The molecule has 0 unspecified atom stereocenters. The topological polar surface area (TPSA) is 507 Å². The molecule has 0 aromatic heterocycles. The molecule has 8 amide bonds. The molecule has 6 aromatic rings.